The van der Waals surface area contributed by atoms with Crippen LogP contribution in [0.3, 0.4) is 0 Å². The van der Waals surface area contributed by atoms with E-state index in [4.69, 9.17) is 44.3 Å². The van der Waals surface area contributed by atoms with Gasteiger partial charge in [-0.05, 0) is 48.4 Å². The van der Waals surface area contributed by atoms with Crippen molar-refractivity contribution in [1.29, 1.82) is 0 Å². The number of benzene rings is 3. The van der Waals surface area contributed by atoms with Crippen LogP contribution in [-0.2, 0) is 4.79 Å². The summed E-state index contributed by atoms with van der Waals surface area (Å²) in [6.07, 6.45) is 1.02. The first-order valence-corrected chi connectivity index (χ1v) is 12.7. The molecule has 4 aromatic rings. The van der Waals surface area contributed by atoms with Gasteiger partial charge in [-0.1, -0.05) is 72.1 Å². The highest BCUT2D eigenvalue weighted by Crippen LogP contribution is 2.35. The second-order valence-electron chi connectivity index (χ2n) is 7.53. The smallest absolute Gasteiger partial charge is 0.355 e. The minimum atomic E-state index is -0.806. The molecule has 1 aromatic heterocycles. The molecule has 0 radical (unpaired) electrons. The summed E-state index contributed by atoms with van der Waals surface area (Å²) in [5.41, 5.74) is 3.06. The first-order valence-electron chi connectivity index (χ1n) is 10.8. The summed E-state index contributed by atoms with van der Waals surface area (Å²) >= 11 is 19.7. The lowest BCUT2D eigenvalue weighted by molar-refractivity contribution is -0.128. The minimum absolute atomic E-state index is 0.306. The third-order valence-electron chi connectivity index (χ3n) is 5.00. The molecule has 1 atom stereocenters. The van der Waals surface area contributed by atoms with Crippen LogP contribution in [0.2, 0.25) is 15.1 Å². The molecule has 3 aromatic carbocycles. The zero-order valence-corrected chi connectivity index (χ0v) is 21.9. The lowest BCUT2D eigenvalue weighted by atomic mass is 10.2. The molecule has 184 valence electrons. The van der Waals surface area contributed by atoms with E-state index in [2.05, 4.69) is 10.5 Å². The second-order valence-corrected chi connectivity index (χ2v) is 9.80. The monoisotopic (exact) mass is 560 g/mol. The van der Waals surface area contributed by atoms with Gasteiger partial charge in [0.05, 0.1) is 16.3 Å². The minimum Gasteiger partial charge on any atom is -0.479 e. The lowest BCUT2D eigenvalue weighted by Crippen LogP contribution is -2.35. The number of rotatable bonds is 8. The number of hydrazone groups is 1. The van der Waals surface area contributed by atoms with Gasteiger partial charge in [0, 0.05) is 15.1 Å². The standard InChI is InChI=1S/C26H19Cl3N2O4S/c1-2-20(35-21-11-10-16(27)13-19(21)28)25(32)31-30-14-15-6-5-7-17(12-15)34-26(33)24-23(29)18-8-3-4-9-22(18)36-24/h3-14,20H,2H2,1H3,(H,31,32)/b30-14-/t20-/m0/s1. The third kappa shape index (κ3) is 6.17. The normalized spacial score (nSPS) is 12.0. The molecule has 0 saturated heterocycles. The second kappa shape index (κ2) is 11.8. The molecule has 0 aliphatic heterocycles. The highest BCUT2D eigenvalue weighted by Gasteiger charge is 2.20. The summed E-state index contributed by atoms with van der Waals surface area (Å²) in [6.45, 7) is 1.80. The van der Waals surface area contributed by atoms with Gasteiger partial charge in [0.2, 0.25) is 0 Å². The fourth-order valence-corrected chi connectivity index (χ4v) is 5.08. The van der Waals surface area contributed by atoms with Crippen molar-refractivity contribution in [1.82, 2.24) is 5.43 Å². The molecule has 1 heterocycles. The molecule has 1 amide bonds. The number of nitrogens with one attached hydrogen (secondary N) is 1. The van der Waals surface area contributed by atoms with Crippen LogP contribution in [0.1, 0.15) is 28.6 Å². The van der Waals surface area contributed by atoms with Gasteiger partial charge in [0.1, 0.15) is 16.4 Å². The Hall–Kier alpha value is -3.10. The molecule has 0 aliphatic carbocycles. The third-order valence-corrected chi connectivity index (χ3v) is 7.19. The SMILES string of the molecule is CC[C@H](Oc1ccc(Cl)cc1Cl)C(=O)N/N=C\c1cccc(OC(=O)c2sc3ccccc3c2Cl)c1. The zero-order valence-electron chi connectivity index (χ0n) is 18.8. The fraction of sp³-hybridized carbons (Fsp3) is 0.115. The zero-order chi connectivity index (χ0) is 25.7. The van der Waals surface area contributed by atoms with E-state index in [0.717, 1.165) is 10.1 Å². The summed E-state index contributed by atoms with van der Waals surface area (Å²) in [7, 11) is 0. The number of nitrogens with zero attached hydrogens (tertiary/aromatic N) is 1. The number of amides is 1. The maximum Gasteiger partial charge on any atom is 0.355 e. The largest absolute Gasteiger partial charge is 0.479 e. The van der Waals surface area contributed by atoms with Gasteiger partial charge >= 0.3 is 5.97 Å². The molecule has 4 rings (SSSR count). The Kier molecular flexibility index (Phi) is 8.48. The molecule has 0 bridgehead atoms. The van der Waals surface area contributed by atoms with Gasteiger partial charge in [-0.3, -0.25) is 4.79 Å². The van der Waals surface area contributed by atoms with Crippen LogP contribution in [0.25, 0.3) is 10.1 Å². The number of halogens is 3. The van der Waals surface area contributed by atoms with Crippen LogP contribution in [0.4, 0.5) is 0 Å². The van der Waals surface area contributed by atoms with E-state index in [0.29, 0.717) is 43.4 Å². The van der Waals surface area contributed by atoms with E-state index >= 15 is 0 Å². The Morgan fingerprint density at radius 1 is 1.06 bits per heavy atom. The van der Waals surface area contributed by atoms with Gasteiger partial charge in [-0.2, -0.15) is 5.10 Å². The Labute approximate surface area is 226 Å². The van der Waals surface area contributed by atoms with Gasteiger partial charge in [-0.25, -0.2) is 10.2 Å². The highest BCUT2D eigenvalue weighted by atomic mass is 35.5. The number of carbonyl (C=O) groups is 2. The van der Waals surface area contributed by atoms with Crippen molar-refractivity contribution in [2.75, 3.05) is 0 Å². The first-order chi connectivity index (χ1) is 17.4. The average molecular weight is 562 g/mol. The summed E-state index contributed by atoms with van der Waals surface area (Å²) < 4.78 is 12.1. The fourth-order valence-electron chi connectivity index (χ4n) is 3.25. The Bertz CT molecular complexity index is 1450. The summed E-state index contributed by atoms with van der Waals surface area (Å²) in [4.78, 5) is 25.6. The van der Waals surface area contributed by atoms with E-state index in [1.54, 1.807) is 43.3 Å². The molecule has 10 heteroatoms. The molecule has 6 nitrogen and oxygen atoms in total. The molecule has 0 spiro atoms. The van der Waals surface area contributed by atoms with Gasteiger partial charge in [0.15, 0.2) is 6.10 Å². The van der Waals surface area contributed by atoms with Gasteiger partial charge < -0.3 is 9.47 Å². The van der Waals surface area contributed by atoms with Crippen molar-refractivity contribution >= 4 is 74.3 Å². The molecular weight excluding hydrogens is 543 g/mol. The van der Waals surface area contributed by atoms with Crippen LogP contribution >= 0.6 is 46.1 Å². The van der Waals surface area contributed by atoms with Crippen molar-refractivity contribution < 1.29 is 19.1 Å². The number of hydrogen-bond donors (Lipinski definition) is 1. The topological polar surface area (TPSA) is 77.0 Å². The van der Waals surface area contributed by atoms with Crippen LogP contribution < -0.4 is 14.9 Å². The van der Waals surface area contributed by atoms with Crippen LogP contribution in [0.5, 0.6) is 11.5 Å². The molecular formula is C26H19Cl3N2O4S. The Balaban J connectivity index is 1.38. The predicted molar refractivity (Wildman–Crippen MR) is 145 cm³/mol. The Morgan fingerprint density at radius 3 is 2.61 bits per heavy atom. The lowest BCUT2D eigenvalue weighted by Gasteiger charge is -2.16. The molecule has 1 N–H and O–H groups in total. The summed E-state index contributed by atoms with van der Waals surface area (Å²) in [5, 5.41) is 5.94. The van der Waals surface area contributed by atoms with E-state index in [-0.39, 0.29) is 0 Å². The van der Waals surface area contributed by atoms with E-state index < -0.39 is 18.0 Å². The van der Waals surface area contributed by atoms with E-state index in [9.17, 15) is 9.59 Å². The average Bonchev–Trinajstić information content (AvgIpc) is 3.20. The molecule has 0 fully saturated rings. The van der Waals surface area contributed by atoms with Gasteiger partial charge in [0.25, 0.3) is 5.91 Å². The number of thiophene rings is 1. The number of hydrogen-bond acceptors (Lipinski definition) is 6. The predicted octanol–water partition coefficient (Wildman–Crippen LogP) is 7.39. The van der Waals surface area contributed by atoms with Crippen molar-refractivity contribution in [3.05, 3.63) is 92.2 Å². The number of esters is 1. The summed E-state index contributed by atoms with van der Waals surface area (Å²) in [6, 6.07) is 19.0. The van der Waals surface area contributed by atoms with Crippen molar-refractivity contribution in [3.8, 4) is 11.5 Å². The van der Waals surface area contributed by atoms with Gasteiger partial charge in [-0.15, -0.1) is 11.3 Å². The van der Waals surface area contributed by atoms with Crippen LogP contribution in [-0.4, -0.2) is 24.2 Å². The molecule has 0 aliphatic rings. The van der Waals surface area contributed by atoms with Crippen molar-refractivity contribution in [2.45, 2.75) is 19.4 Å². The molecule has 0 unspecified atom stereocenters. The van der Waals surface area contributed by atoms with Crippen molar-refractivity contribution in [3.63, 3.8) is 0 Å². The number of carbonyl (C=O) groups excluding carboxylic acids is 2. The van der Waals surface area contributed by atoms with Crippen LogP contribution in [0.15, 0.2) is 71.8 Å². The first kappa shape index (κ1) is 26.0. The maximum atomic E-state index is 12.7. The van der Waals surface area contributed by atoms with E-state index in [1.807, 2.05) is 24.3 Å². The molecule has 36 heavy (non-hydrogen) atoms. The maximum absolute atomic E-state index is 12.7. The quantitative estimate of drug-likeness (QED) is 0.105. The molecule has 0 saturated carbocycles. The number of fused-ring (bicyclic) bond motifs is 1. The highest BCUT2D eigenvalue weighted by molar-refractivity contribution is 7.21. The van der Waals surface area contributed by atoms with Crippen LogP contribution in [0, 0.1) is 0 Å². The number of ether oxygens (including phenoxy) is 2. The van der Waals surface area contributed by atoms with E-state index in [1.165, 1.54) is 23.6 Å². The summed E-state index contributed by atoms with van der Waals surface area (Å²) in [5.74, 6) is -0.328. The van der Waals surface area contributed by atoms with Crippen molar-refractivity contribution in [2.24, 2.45) is 5.10 Å². The Morgan fingerprint density at radius 2 is 1.86 bits per heavy atom.